The fourth-order valence-corrected chi connectivity index (χ4v) is 4.06. The zero-order chi connectivity index (χ0) is 20.3. The van der Waals surface area contributed by atoms with Gasteiger partial charge >= 0.3 is 0 Å². The molecule has 0 radical (unpaired) electrons. The van der Waals surface area contributed by atoms with Crippen molar-refractivity contribution in [3.05, 3.63) is 54.4 Å². The van der Waals surface area contributed by atoms with E-state index >= 15 is 0 Å². The summed E-state index contributed by atoms with van der Waals surface area (Å²) >= 11 is 1.51. The third-order valence-corrected chi connectivity index (χ3v) is 5.61. The predicted molar refractivity (Wildman–Crippen MR) is 111 cm³/mol. The standard InChI is InChI=1S/C21H19N5O3S/c1-2-26-20(15-8-9-16-17(12-15)28-11-10-27-16)23-24-21(26)30-13-18-22-19(25-29-18)14-6-4-3-5-7-14/h3-9,12H,2,10-11,13H2,1H3. The van der Waals surface area contributed by atoms with E-state index in [2.05, 4.69) is 31.8 Å². The molecule has 2 aromatic carbocycles. The Hall–Kier alpha value is -3.33. The molecule has 3 heterocycles. The zero-order valence-electron chi connectivity index (χ0n) is 16.3. The summed E-state index contributed by atoms with van der Waals surface area (Å²) in [5.41, 5.74) is 1.86. The van der Waals surface area contributed by atoms with Crippen molar-refractivity contribution in [1.29, 1.82) is 0 Å². The van der Waals surface area contributed by atoms with Gasteiger partial charge in [0.15, 0.2) is 22.5 Å². The molecule has 8 nitrogen and oxygen atoms in total. The summed E-state index contributed by atoms with van der Waals surface area (Å²) in [4.78, 5) is 4.48. The predicted octanol–water partition coefficient (Wildman–Crippen LogP) is 4.08. The van der Waals surface area contributed by atoms with E-state index in [1.807, 2.05) is 48.5 Å². The molecule has 2 aromatic heterocycles. The molecule has 4 aromatic rings. The number of rotatable bonds is 6. The molecule has 9 heteroatoms. The quantitative estimate of drug-likeness (QED) is 0.430. The minimum absolute atomic E-state index is 0.513. The third-order valence-electron chi connectivity index (χ3n) is 4.66. The van der Waals surface area contributed by atoms with Crippen LogP contribution in [0.5, 0.6) is 11.5 Å². The van der Waals surface area contributed by atoms with E-state index in [9.17, 15) is 0 Å². The average molecular weight is 421 g/mol. The lowest BCUT2D eigenvalue weighted by molar-refractivity contribution is 0.171. The van der Waals surface area contributed by atoms with Gasteiger partial charge in [0.25, 0.3) is 0 Å². The highest BCUT2D eigenvalue weighted by Gasteiger charge is 2.18. The fraction of sp³-hybridized carbons (Fsp3) is 0.238. The van der Waals surface area contributed by atoms with Gasteiger partial charge in [-0.2, -0.15) is 4.98 Å². The van der Waals surface area contributed by atoms with Gasteiger partial charge in [-0.05, 0) is 25.1 Å². The Balaban J connectivity index is 1.34. The van der Waals surface area contributed by atoms with Crippen LogP contribution >= 0.6 is 11.8 Å². The van der Waals surface area contributed by atoms with Crippen LogP contribution in [-0.4, -0.2) is 38.1 Å². The number of hydrogen-bond donors (Lipinski definition) is 0. The number of benzene rings is 2. The highest BCUT2D eigenvalue weighted by molar-refractivity contribution is 7.98. The van der Waals surface area contributed by atoms with Crippen molar-refractivity contribution in [2.75, 3.05) is 13.2 Å². The minimum Gasteiger partial charge on any atom is -0.486 e. The van der Waals surface area contributed by atoms with Gasteiger partial charge in [0.05, 0.1) is 5.75 Å². The summed E-state index contributed by atoms with van der Waals surface area (Å²) in [5, 5.41) is 13.6. The molecule has 1 aliphatic rings. The average Bonchev–Trinajstić information content (AvgIpc) is 3.45. The molecule has 0 N–H and O–H groups in total. The second kappa shape index (κ2) is 8.19. The molecule has 0 unspecified atom stereocenters. The van der Waals surface area contributed by atoms with Gasteiger partial charge < -0.3 is 18.6 Å². The molecular formula is C21H19N5O3S. The van der Waals surface area contributed by atoms with Crippen LogP contribution in [0.1, 0.15) is 12.8 Å². The van der Waals surface area contributed by atoms with Crippen molar-refractivity contribution < 1.29 is 14.0 Å². The second-order valence-corrected chi connectivity index (χ2v) is 7.52. The number of fused-ring (bicyclic) bond motifs is 1. The Morgan fingerprint density at radius 2 is 1.80 bits per heavy atom. The molecule has 0 bridgehead atoms. The van der Waals surface area contributed by atoms with Gasteiger partial charge in [-0.3, -0.25) is 0 Å². The topological polar surface area (TPSA) is 88.1 Å². The molecule has 0 saturated carbocycles. The zero-order valence-corrected chi connectivity index (χ0v) is 17.1. The molecule has 0 aliphatic carbocycles. The molecule has 0 spiro atoms. The van der Waals surface area contributed by atoms with Crippen LogP contribution in [0.25, 0.3) is 22.8 Å². The largest absolute Gasteiger partial charge is 0.486 e. The summed E-state index contributed by atoms with van der Waals surface area (Å²) < 4.78 is 18.8. The first-order valence-electron chi connectivity index (χ1n) is 9.66. The van der Waals surface area contributed by atoms with Gasteiger partial charge in [-0.1, -0.05) is 47.3 Å². The maximum atomic E-state index is 5.69. The van der Waals surface area contributed by atoms with E-state index in [1.165, 1.54) is 11.8 Å². The van der Waals surface area contributed by atoms with Crippen molar-refractivity contribution in [3.63, 3.8) is 0 Å². The van der Waals surface area contributed by atoms with Gasteiger partial charge in [0.2, 0.25) is 11.7 Å². The van der Waals surface area contributed by atoms with Gasteiger partial charge in [0, 0.05) is 17.7 Å². The Bertz CT molecular complexity index is 1160. The van der Waals surface area contributed by atoms with Crippen molar-refractivity contribution in [3.8, 4) is 34.3 Å². The molecule has 30 heavy (non-hydrogen) atoms. The highest BCUT2D eigenvalue weighted by atomic mass is 32.2. The Morgan fingerprint density at radius 3 is 2.63 bits per heavy atom. The van der Waals surface area contributed by atoms with E-state index < -0.39 is 0 Å². The van der Waals surface area contributed by atoms with Crippen LogP contribution < -0.4 is 9.47 Å². The third kappa shape index (κ3) is 3.63. The number of hydrogen-bond acceptors (Lipinski definition) is 8. The van der Waals surface area contributed by atoms with Crippen LogP contribution in [0.15, 0.2) is 58.2 Å². The lowest BCUT2D eigenvalue weighted by Crippen LogP contribution is -2.15. The van der Waals surface area contributed by atoms with Crippen molar-refractivity contribution in [1.82, 2.24) is 24.9 Å². The van der Waals surface area contributed by atoms with E-state index in [1.54, 1.807) is 0 Å². The van der Waals surface area contributed by atoms with Crippen LogP contribution in [0, 0.1) is 0 Å². The lowest BCUT2D eigenvalue weighted by atomic mass is 10.2. The minimum atomic E-state index is 0.513. The second-order valence-electron chi connectivity index (χ2n) is 6.58. The molecule has 0 saturated heterocycles. The number of aromatic nitrogens is 5. The molecule has 0 atom stereocenters. The Kier molecular flexibility index (Phi) is 5.10. The van der Waals surface area contributed by atoms with Crippen molar-refractivity contribution in [2.24, 2.45) is 0 Å². The maximum absolute atomic E-state index is 5.69. The van der Waals surface area contributed by atoms with Crippen LogP contribution in [0.4, 0.5) is 0 Å². The monoisotopic (exact) mass is 421 g/mol. The van der Waals surface area contributed by atoms with Crippen LogP contribution in [0.2, 0.25) is 0 Å². The van der Waals surface area contributed by atoms with E-state index in [4.69, 9.17) is 14.0 Å². The summed E-state index contributed by atoms with van der Waals surface area (Å²) in [5.74, 6) is 3.92. The number of nitrogens with zero attached hydrogens (tertiary/aromatic N) is 5. The van der Waals surface area contributed by atoms with E-state index in [-0.39, 0.29) is 0 Å². The Labute approximate surface area is 177 Å². The molecule has 152 valence electrons. The molecule has 0 fully saturated rings. The van der Waals surface area contributed by atoms with Gasteiger partial charge in [-0.25, -0.2) is 0 Å². The normalized spacial score (nSPS) is 12.8. The first kappa shape index (κ1) is 18.7. The first-order valence-corrected chi connectivity index (χ1v) is 10.6. The Morgan fingerprint density at radius 1 is 0.967 bits per heavy atom. The molecule has 1 aliphatic heterocycles. The van der Waals surface area contributed by atoms with E-state index in [0.29, 0.717) is 30.7 Å². The van der Waals surface area contributed by atoms with Gasteiger partial charge in [0.1, 0.15) is 13.2 Å². The SMILES string of the molecule is CCn1c(SCc2nc(-c3ccccc3)no2)nnc1-c1ccc2c(c1)OCCO2. The summed E-state index contributed by atoms with van der Waals surface area (Å²) in [6.45, 7) is 3.92. The fourth-order valence-electron chi connectivity index (χ4n) is 3.22. The van der Waals surface area contributed by atoms with Crippen LogP contribution in [0.3, 0.4) is 0 Å². The molecule has 0 amide bonds. The van der Waals surface area contributed by atoms with Crippen molar-refractivity contribution in [2.45, 2.75) is 24.4 Å². The summed E-state index contributed by atoms with van der Waals surface area (Å²) in [6, 6.07) is 15.6. The first-order chi connectivity index (χ1) is 14.8. The maximum Gasteiger partial charge on any atom is 0.237 e. The molecule has 5 rings (SSSR count). The molecular weight excluding hydrogens is 402 g/mol. The van der Waals surface area contributed by atoms with E-state index in [0.717, 1.165) is 40.2 Å². The number of ether oxygens (including phenoxy) is 2. The smallest absolute Gasteiger partial charge is 0.237 e. The van der Waals surface area contributed by atoms with Crippen LogP contribution in [-0.2, 0) is 12.3 Å². The summed E-state index contributed by atoms with van der Waals surface area (Å²) in [6.07, 6.45) is 0. The van der Waals surface area contributed by atoms with Crippen molar-refractivity contribution >= 4 is 11.8 Å². The lowest BCUT2D eigenvalue weighted by Gasteiger charge is -2.18. The number of thioether (sulfide) groups is 1. The summed E-state index contributed by atoms with van der Waals surface area (Å²) in [7, 11) is 0. The van der Waals surface area contributed by atoms with Gasteiger partial charge in [-0.15, -0.1) is 10.2 Å². The highest BCUT2D eigenvalue weighted by Crippen LogP contribution is 2.35.